The van der Waals surface area contributed by atoms with Crippen LogP contribution >= 0.6 is 0 Å². The minimum Gasteiger partial charge on any atom is -0.313 e. The predicted octanol–water partition coefficient (Wildman–Crippen LogP) is 0.563. The van der Waals surface area contributed by atoms with E-state index in [1.165, 1.54) is 6.42 Å². The van der Waals surface area contributed by atoms with Crippen molar-refractivity contribution in [3.05, 3.63) is 0 Å². The maximum absolute atomic E-state index is 11.2. The lowest BCUT2D eigenvalue weighted by molar-refractivity contribution is 0.423. The average Bonchev–Trinajstić information content (AvgIpc) is 2.06. The Kier molecular flexibility index (Phi) is 3.53. The van der Waals surface area contributed by atoms with E-state index >= 15 is 0 Å². The van der Waals surface area contributed by atoms with Crippen LogP contribution in [0, 0.1) is 0 Å². The van der Waals surface area contributed by atoms with Crippen LogP contribution in [0.3, 0.4) is 0 Å². The lowest BCUT2D eigenvalue weighted by Crippen LogP contribution is -2.39. The summed E-state index contributed by atoms with van der Waals surface area (Å²) in [6.45, 7) is 2.68. The molecule has 0 spiro atoms. The Morgan fingerprint density at radius 1 is 1.42 bits per heavy atom. The van der Waals surface area contributed by atoms with Gasteiger partial charge in [0.15, 0.2) is 9.84 Å². The third kappa shape index (κ3) is 3.11. The monoisotopic (exact) mass is 191 g/mol. The molecule has 1 saturated heterocycles. The van der Waals surface area contributed by atoms with Crippen LogP contribution in [0.4, 0.5) is 0 Å². The molecule has 1 fully saturated rings. The smallest absolute Gasteiger partial charge is 0.151 e. The summed E-state index contributed by atoms with van der Waals surface area (Å²) >= 11 is 0. The zero-order valence-electron chi connectivity index (χ0n) is 7.54. The molecule has 1 N–H and O–H groups in total. The van der Waals surface area contributed by atoms with Crippen LogP contribution in [-0.2, 0) is 9.84 Å². The van der Waals surface area contributed by atoms with Crippen LogP contribution in [0.2, 0.25) is 0 Å². The standard InChI is InChI=1S/C8H17NO2S/c1-2-12(10,11)7-8-5-3-4-6-9-8/h8-9H,2-7H2,1H3/t8-/m0/s1. The number of hydrogen-bond donors (Lipinski definition) is 1. The van der Waals surface area contributed by atoms with E-state index in [9.17, 15) is 8.42 Å². The second-order valence-electron chi connectivity index (χ2n) is 3.35. The highest BCUT2D eigenvalue weighted by Gasteiger charge is 2.18. The first kappa shape index (κ1) is 9.99. The largest absolute Gasteiger partial charge is 0.313 e. The van der Waals surface area contributed by atoms with Gasteiger partial charge in [-0.25, -0.2) is 8.42 Å². The van der Waals surface area contributed by atoms with E-state index in [-0.39, 0.29) is 11.8 Å². The van der Waals surface area contributed by atoms with Crippen molar-refractivity contribution in [2.45, 2.75) is 32.2 Å². The third-order valence-electron chi connectivity index (χ3n) is 2.31. The van der Waals surface area contributed by atoms with Gasteiger partial charge in [-0.3, -0.25) is 0 Å². The number of rotatable bonds is 3. The van der Waals surface area contributed by atoms with Crippen molar-refractivity contribution in [2.24, 2.45) is 0 Å². The maximum Gasteiger partial charge on any atom is 0.151 e. The minimum atomic E-state index is -2.78. The third-order valence-corrected chi connectivity index (χ3v) is 4.10. The highest BCUT2D eigenvalue weighted by molar-refractivity contribution is 7.91. The van der Waals surface area contributed by atoms with E-state index in [4.69, 9.17) is 0 Å². The van der Waals surface area contributed by atoms with Gasteiger partial charge in [0.2, 0.25) is 0 Å². The van der Waals surface area contributed by atoms with Crippen LogP contribution in [0.15, 0.2) is 0 Å². The summed E-state index contributed by atoms with van der Waals surface area (Å²) in [6.07, 6.45) is 3.36. The molecule has 0 unspecified atom stereocenters. The quantitative estimate of drug-likeness (QED) is 0.709. The Morgan fingerprint density at radius 2 is 2.17 bits per heavy atom. The molecule has 0 amide bonds. The van der Waals surface area contributed by atoms with Crippen LogP contribution in [-0.4, -0.2) is 32.5 Å². The molecule has 4 heteroatoms. The molecule has 72 valence electrons. The van der Waals surface area contributed by atoms with Crippen LogP contribution in [0.5, 0.6) is 0 Å². The Balaban J connectivity index is 2.39. The van der Waals surface area contributed by atoms with Crippen LogP contribution in [0.1, 0.15) is 26.2 Å². The molecule has 1 heterocycles. The summed E-state index contributed by atoms with van der Waals surface area (Å²) in [6, 6.07) is 0.212. The van der Waals surface area contributed by atoms with Crippen LogP contribution in [0.25, 0.3) is 0 Å². The molecule has 0 aromatic heterocycles. The summed E-state index contributed by atoms with van der Waals surface area (Å²) < 4.78 is 22.5. The van der Waals surface area contributed by atoms with Gasteiger partial charge < -0.3 is 5.32 Å². The Bertz CT molecular complexity index is 217. The summed E-state index contributed by atoms with van der Waals surface area (Å²) in [7, 11) is -2.78. The summed E-state index contributed by atoms with van der Waals surface area (Å²) in [5.41, 5.74) is 0. The molecule has 1 rings (SSSR count). The van der Waals surface area contributed by atoms with E-state index in [1.54, 1.807) is 6.92 Å². The molecule has 3 nitrogen and oxygen atoms in total. The van der Waals surface area contributed by atoms with Crippen molar-refractivity contribution in [3.8, 4) is 0 Å². The van der Waals surface area contributed by atoms with E-state index in [2.05, 4.69) is 5.32 Å². The Labute approximate surface area is 74.5 Å². The normalized spacial score (nSPS) is 25.6. The van der Waals surface area contributed by atoms with Crippen molar-refractivity contribution >= 4 is 9.84 Å². The molecule has 0 bridgehead atoms. The van der Waals surface area contributed by atoms with Crippen molar-refractivity contribution < 1.29 is 8.42 Å². The Hall–Kier alpha value is -0.0900. The highest BCUT2D eigenvalue weighted by atomic mass is 32.2. The van der Waals surface area contributed by atoms with E-state index in [0.29, 0.717) is 5.75 Å². The van der Waals surface area contributed by atoms with E-state index in [1.807, 2.05) is 0 Å². The SMILES string of the molecule is CCS(=O)(=O)C[C@@H]1CCCCN1. The van der Waals surface area contributed by atoms with Gasteiger partial charge in [0.05, 0.1) is 5.75 Å². The zero-order valence-corrected chi connectivity index (χ0v) is 8.36. The molecule has 0 aromatic carbocycles. The number of hydrogen-bond acceptors (Lipinski definition) is 3. The number of nitrogens with one attached hydrogen (secondary N) is 1. The zero-order chi connectivity index (χ0) is 9.03. The second kappa shape index (κ2) is 4.23. The van der Waals surface area contributed by atoms with Crippen LogP contribution < -0.4 is 5.32 Å². The first-order valence-corrected chi connectivity index (χ1v) is 6.40. The fraction of sp³-hybridized carbons (Fsp3) is 1.00. The van der Waals surface area contributed by atoms with Gasteiger partial charge in [0.25, 0.3) is 0 Å². The topological polar surface area (TPSA) is 46.2 Å². The minimum absolute atomic E-state index is 0.212. The van der Waals surface area contributed by atoms with Crippen molar-refractivity contribution in [1.82, 2.24) is 5.32 Å². The molecular formula is C8H17NO2S. The summed E-state index contributed by atoms with van der Waals surface area (Å²) in [4.78, 5) is 0. The molecule has 0 saturated carbocycles. The summed E-state index contributed by atoms with van der Waals surface area (Å²) in [5.74, 6) is 0.592. The average molecular weight is 191 g/mol. The molecule has 1 aliphatic heterocycles. The first-order chi connectivity index (χ1) is 5.64. The predicted molar refractivity (Wildman–Crippen MR) is 50.0 cm³/mol. The molecule has 0 aromatic rings. The van der Waals surface area contributed by atoms with Gasteiger partial charge in [-0.1, -0.05) is 13.3 Å². The van der Waals surface area contributed by atoms with Crippen molar-refractivity contribution in [1.29, 1.82) is 0 Å². The fourth-order valence-electron chi connectivity index (χ4n) is 1.49. The molecular weight excluding hydrogens is 174 g/mol. The van der Waals surface area contributed by atoms with Crippen molar-refractivity contribution in [3.63, 3.8) is 0 Å². The van der Waals surface area contributed by atoms with Crippen molar-refractivity contribution in [2.75, 3.05) is 18.1 Å². The molecule has 0 aliphatic carbocycles. The number of sulfone groups is 1. The van der Waals surface area contributed by atoms with Gasteiger partial charge in [0.1, 0.15) is 0 Å². The summed E-state index contributed by atoms with van der Waals surface area (Å²) in [5, 5.41) is 3.23. The molecule has 0 radical (unpaired) electrons. The first-order valence-electron chi connectivity index (χ1n) is 4.58. The lowest BCUT2D eigenvalue weighted by atomic mass is 10.1. The molecule has 12 heavy (non-hydrogen) atoms. The van der Waals surface area contributed by atoms with Gasteiger partial charge in [-0.2, -0.15) is 0 Å². The molecule has 1 atom stereocenters. The maximum atomic E-state index is 11.2. The van der Waals surface area contributed by atoms with E-state index < -0.39 is 9.84 Å². The van der Waals surface area contributed by atoms with Gasteiger partial charge in [-0.05, 0) is 19.4 Å². The van der Waals surface area contributed by atoms with E-state index in [0.717, 1.165) is 19.4 Å². The number of piperidine rings is 1. The van der Waals surface area contributed by atoms with Gasteiger partial charge >= 0.3 is 0 Å². The molecule has 1 aliphatic rings. The fourth-order valence-corrected chi connectivity index (χ4v) is 2.62. The Morgan fingerprint density at radius 3 is 2.67 bits per heavy atom. The van der Waals surface area contributed by atoms with Gasteiger partial charge in [-0.15, -0.1) is 0 Å². The highest BCUT2D eigenvalue weighted by Crippen LogP contribution is 2.09. The second-order valence-corrected chi connectivity index (χ2v) is 5.74. The van der Waals surface area contributed by atoms with Gasteiger partial charge in [0, 0.05) is 11.8 Å². The lowest BCUT2D eigenvalue weighted by Gasteiger charge is -2.22.